The predicted molar refractivity (Wildman–Crippen MR) is 85.4 cm³/mol. The van der Waals surface area contributed by atoms with E-state index >= 15 is 0 Å². The largest absolute Gasteiger partial charge is 0.417 e. The van der Waals surface area contributed by atoms with Crippen LogP contribution in [0.1, 0.15) is 22.3 Å². The first-order valence-corrected chi connectivity index (χ1v) is 7.68. The summed E-state index contributed by atoms with van der Waals surface area (Å²) in [6.45, 7) is 1.05. The van der Waals surface area contributed by atoms with Gasteiger partial charge < -0.3 is 10.6 Å². The van der Waals surface area contributed by atoms with Gasteiger partial charge in [-0.05, 0) is 35.7 Å². The fourth-order valence-electron chi connectivity index (χ4n) is 2.96. The van der Waals surface area contributed by atoms with E-state index in [-0.39, 0.29) is 17.5 Å². The van der Waals surface area contributed by atoms with Gasteiger partial charge in [0.05, 0.1) is 5.56 Å². The number of amides is 1. The number of nitrogens with two attached hydrogens (primary N) is 1. The van der Waals surface area contributed by atoms with Gasteiger partial charge in [0.15, 0.2) is 0 Å². The van der Waals surface area contributed by atoms with E-state index in [1.165, 1.54) is 18.2 Å². The Hall–Kier alpha value is -2.34. The van der Waals surface area contributed by atoms with E-state index in [1.807, 2.05) is 0 Å². The number of halogens is 3. The summed E-state index contributed by atoms with van der Waals surface area (Å²) in [5.41, 5.74) is 5.91. The lowest BCUT2D eigenvalue weighted by molar-refractivity contribution is -0.137. The van der Waals surface area contributed by atoms with Crippen LogP contribution in [-0.4, -0.2) is 29.9 Å². The number of carbonyl (C=O) groups excluding carboxylic acids is 1. The zero-order valence-electron chi connectivity index (χ0n) is 12.9. The molecule has 1 aliphatic heterocycles. The normalized spacial score (nSPS) is 18.0. The van der Waals surface area contributed by atoms with Crippen molar-refractivity contribution < 1.29 is 18.0 Å². The van der Waals surface area contributed by atoms with Gasteiger partial charge in [0.25, 0.3) is 5.91 Å². The molecule has 0 aromatic heterocycles. The molecule has 1 saturated heterocycles. The third-order valence-corrected chi connectivity index (χ3v) is 4.16. The van der Waals surface area contributed by atoms with Gasteiger partial charge in [-0.3, -0.25) is 4.79 Å². The molecule has 1 aliphatic rings. The van der Waals surface area contributed by atoms with Crippen molar-refractivity contribution >= 4 is 5.91 Å². The Morgan fingerprint density at radius 3 is 2.54 bits per heavy atom. The van der Waals surface area contributed by atoms with Crippen LogP contribution < -0.4 is 5.73 Å². The molecule has 2 N–H and O–H groups in total. The highest BCUT2D eigenvalue weighted by atomic mass is 19.4. The van der Waals surface area contributed by atoms with Crippen LogP contribution in [-0.2, 0) is 6.18 Å². The summed E-state index contributed by atoms with van der Waals surface area (Å²) < 4.78 is 39.6. The van der Waals surface area contributed by atoms with Crippen molar-refractivity contribution in [1.82, 2.24) is 4.90 Å². The number of carbonyl (C=O) groups is 1. The van der Waals surface area contributed by atoms with Crippen molar-refractivity contribution in [2.24, 2.45) is 5.73 Å². The quantitative estimate of drug-likeness (QED) is 0.913. The molecule has 0 spiro atoms. The molecule has 0 saturated carbocycles. The van der Waals surface area contributed by atoms with Crippen LogP contribution in [0.2, 0.25) is 0 Å². The number of alkyl halides is 3. The highest BCUT2D eigenvalue weighted by Crippen LogP contribution is 2.37. The maximum absolute atomic E-state index is 13.2. The molecule has 1 heterocycles. The molecule has 6 heteroatoms. The first-order chi connectivity index (χ1) is 11.4. The third kappa shape index (κ3) is 3.28. The monoisotopic (exact) mass is 334 g/mol. The van der Waals surface area contributed by atoms with Crippen molar-refractivity contribution in [2.75, 3.05) is 13.1 Å². The number of rotatable bonds is 2. The Morgan fingerprint density at radius 2 is 1.88 bits per heavy atom. The molecule has 126 valence electrons. The minimum Gasteiger partial charge on any atom is -0.337 e. The summed E-state index contributed by atoms with van der Waals surface area (Å²) in [5, 5.41) is 0. The van der Waals surface area contributed by atoms with E-state index in [0.717, 1.165) is 12.5 Å². The Kier molecular flexibility index (Phi) is 4.32. The van der Waals surface area contributed by atoms with Crippen LogP contribution in [0.5, 0.6) is 0 Å². The number of nitrogens with zero attached hydrogens (tertiary/aromatic N) is 1. The van der Waals surface area contributed by atoms with Crippen molar-refractivity contribution in [3.05, 3.63) is 59.7 Å². The van der Waals surface area contributed by atoms with Crippen molar-refractivity contribution in [1.29, 1.82) is 0 Å². The van der Waals surface area contributed by atoms with Crippen molar-refractivity contribution in [2.45, 2.75) is 18.6 Å². The first-order valence-electron chi connectivity index (χ1n) is 7.68. The van der Waals surface area contributed by atoms with Crippen LogP contribution in [0.4, 0.5) is 13.2 Å². The molecule has 0 radical (unpaired) electrons. The topological polar surface area (TPSA) is 46.3 Å². The average molecular weight is 334 g/mol. The fraction of sp³-hybridized carbons (Fsp3) is 0.278. The molecular weight excluding hydrogens is 317 g/mol. The van der Waals surface area contributed by atoms with Gasteiger partial charge >= 0.3 is 6.18 Å². The SMILES string of the molecule is N[C@@H]1CCN(C(=O)c2cccc(-c3ccccc3C(F)(F)F)c2)C1. The minimum atomic E-state index is -4.45. The highest BCUT2D eigenvalue weighted by molar-refractivity contribution is 5.95. The molecule has 1 amide bonds. The predicted octanol–water partition coefficient (Wildman–Crippen LogP) is 3.55. The molecule has 2 aromatic rings. The number of hydrogen-bond donors (Lipinski definition) is 1. The van der Waals surface area contributed by atoms with Crippen LogP contribution in [0, 0.1) is 0 Å². The zero-order valence-corrected chi connectivity index (χ0v) is 12.9. The second-order valence-electron chi connectivity index (χ2n) is 5.92. The molecular formula is C18H17F3N2O. The highest BCUT2D eigenvalue weighted by Gasteiger charge is 2.33. The summed E-state index contributed by atoms with van der Waals surface area (Å²) in [6.07, 6.45) is -3.71. The van der Waals surface area contributed by atoms with Crippen LogP contribution in [0.15, 0.2) is 48.5 Å². The number of benzene rings is 2. The van der Waals surface area contributed by atoms with Gasteiger partial charge in [0, 0.05) is 24.7 Å². The standard InChI is InChI=1S/C18H17F3N2O/c19-18(20,21)16-7-2-1-6-15(16)12-4-3-5-13(10-12)17(24)23-9-8-14(22)11-23/h1-7,10,14H,8-9,11,22H2/t14-/m1/s1. The lowest BCUT2D eigenvalue weighted by atomic mass is 9.97. The summed E-state index contributed by atoms with van der Waals surface area (Å²) >= 11 is 0. The number of hydrogen-bond acceptors (Lipinski definition) is 2. The first kappa shape index (κ1) is 16.5. The molecule has 0 aliphatic carbocycles. The molecule has 2 aromatic carbocycles. The van der Waals surface area contributed by atoms with Gasteiger partial charge in [-0.25, -0.2) is 0 Å². The van der Waals surface area contributed by atoms with Crippen LogP contribution >= 0.6 is 0 Å². The summed E-state index contributed by atoms with van der Waals surface area (Å²) in [6, 6.07) is 11.6. The minimum absolute atomic E-state index is 0.0388. The molecule has 0 bridgehead atoms. The van der Waals surface area contributed by atoms with Crippen molar-refractivity contribution in [3.63, 3.8) is 0 Å². The number of likely N-dealkylation sites (tertiary alicyclic amines) is 1. The van der Waals surface area contributed by atoms with Crippen LogP contribution in [0.25, 0.3) is 11.1 Å². The Morgan fingerprint density at radius 1 is 1.12 bits per heavy atom. The molecule has 0 unspecified atom stereocenters. The Labute approximate surface area is 137 Å². The van der Waals surface area contributed by atoms with Gasteiger partial charge in [0.1, 0.15) is 0 Å². The lowest BCUT2D eigenvalue weighted by Crippen LogP contribution is -2.31. The molecule has 1 fully saturated rings. The fourth-order valence-corrected chi connectivity index (χ4v) is 2.96. The van der Waals surface area contributed by atoms with Crippen LogP contribution in [0.3, 0.4) is 0 Å². The van der Waals surface area contributed by atoms with Gasteiger partial charge in [-0.15, -0.1) is 0 Å². The van der Waals surface area contributed by atoms with Gasteiger partial charge in [-0.2, -0.15) is 13.2 Å². The van der Waals surface area contributed by atoms with Gasteiger partial charge in [0.2, 0.25) is 0 Å². The van der Waals surface area contributed by atoms with E-state index in [1.54, 1.807) is 29.2 Å². The maximum Gasteiger partial charge on any atom is 0.417 e. The molecule has 3 nitrogen and oxygen atoms in total. The summed E-state index contributed by atoms with van der Waals surface area (Å²) in [4.78, 5) is 14.1. The zero-order chi connectivity index (χ0) is 17.3. The molecule has 24 heavy (non-hydrogen) atoms. The molecule has 1 atom stereocenters. The van der Waals surface area contributed by atoms with Crippen molar-refractivity contribution in [3.8, 4) is 11.1 Å². The van der Waals surface area contributed by atoms with E-state index in [4.69, 9.17) is 5.73 Å². The van der Waals surface area contributed by atoms with Gasteiger partial charge in [-0.1, -0.05) is 30.3 Å². The average Bonchev–Trinajstić information content (AvgIpc) is 3.00. The van der Waals surface area contributed by atoms with E-state index in [2.05, 4.69) is 0 Å². The van der Waals surface area contributed by atoms with E-state index < -0.39 is 11.7 Å². The molecule has 3 rings (SSSR count). The Bertz CT molecular complexity index is 758. The third-order valence-electron chi connectivity index (χ3n) is 4.16. The van der Waals surface area contributed by atoms with E-state index in [0.29, 0.717) is 24.2 Å². The second-order valence-corrected chi connectivity index (χ2v) is 5.92. The summed E-state index contributed by atoms with van der Waals surface area (Å²) in [7, 11) is 0. The second kappa shape index (κ2) is 6.28. The Balaban J connectivity index is 1.96. The van der Waals surface area contributed by atoms with E-state index in [9.17, 15) is 18.0 Å². The summed E-state index contributed by atoms with van der Waals surface area (Å²) in [5.74, 6) is -0.200. The lowest BCUT2D eigenvalue weighted by Gasteiger charge is -2.17. The maximum atomic E-state index is 13.2. The smallest absolute Gasteiger partial charge is 0.337 e.